The third kappa shape index (κ3) is 5.19. The van der Waals surface area contributed by atoms with E-state index in [0.29, 0.717) is 5.82 Å². The summed E-state index contributed by atoms with van der Waals surface area (Å²) >= 11 is 1.71. The minimum absolute atomic E-state index is 0.0321. The smallest absolute Gasteiger partial charge is 0.239 e. The quantitative estimate of drug-likeness (QED) is 0.709. The van der Waals surface area contributed by atoms with Gasteiger partial charge in [-0.1, -0.05) is 19.9 Å². The Kier molecular flexibility index (Phi) is 7.24. The van der Waals surface area contributed by atoms with Crippen molar-refractivity contribution in [2.24, 2.45) is 5.92 Å². The number of hydrogen-bond donors (Lipinski definition) is 2. The van der Waals surface area contributed by atoms with Crippen LogP contribution >= 0.6 is 11.8 Å². The summed E-state index contributed by atoms with van der Waals surface area (Å²) in [4.78, 5) is 24.1. The predicted octanol–water partition coefficient (Wildman–Crippen LogP) is 1.80. The van der Waals surface area contributed by atoms with E-state index in [1.54, 1.807) is 11.8 Å². The van der Waals surface area contributed by atoms with E-state index in [1.807, 2.05) is 48.9 Å². The van der Waals surface area contributed by atoms with Crippen LogP contribution in [-0.2, 0) is 9.59 Å². The van der Waals surface area contributed by atoms with E-state index >= 15 is 0 Å². The Bertz CT molecular complexity index is 718. The molecular weight excluding hydrogens is 338 g/mol. The summed E-state index contributed by atoms with van der Waals surface area (Å²) in [6, 6.07) is 5.42. The average Bonchev–Trinajstić information content (AvgIpc) is 3.06. The lowest BCUT2D eigenvalue weighted by atomic mass is 10.1. The molecule has 0 aliphatic rings. The van der Waals surface area contributed by atoms with E-state index in [4.69, 9.17) is 0 Å². The molecule has 2 rings (SSSR count). The summed E-state index contributed by atoms with van der Waals surface area (Å²) in [7, 11) is 0. The summed E-state index contributed by atoms with van der Waals surface area (Å²) in [6.45, 7) is 3.76. The van der Waals surface area contributed by atoms with Gasteiger partial charge in [-0.15, -0.1) is 10.2 Å². The summed E-state index contributed by atoms with van der Waals surface area (Å²) in [5.41, 5.74) is 0.742. The zero-order valence-electron chi connectivity index (χ0n) is 14.9. The number of fused-ring (bicyclic) bond motifs is 1. The van der Waals surface area contributed by atoms with Crippen molar-refractivity contribution >= 4 is 29.2 Å². The highest BCUT2D eigenvalue weighted by atomic mass is 32.2. The normalized spacial score (nSPS) is 13.4. The number of thioether (sulfide) groups is 1. The Labute approximate surface area is 152 Å². The first-order chi connectivity index (χ1) is 12.1. The molecule has 0 spiro atoms. The van der Waals surface area contributed by atoms with E-state index in [1.165, 1.54) is 0 Å². The molecule has 136 valence electrons. The van der Waals surface area contributed by atoms with Gasteiger partial charge in [-0.3, -0.25) is 14.0 Å². The van der Waals surface area contributed by atoms with Gasteiger partial charge in [0.25, 0.3) is 0 Å². The maximum atomic E-state index is 12.3. The lowest BCUT2D eigenvalue weighted by Gasteiger charge is -2.17. The SMILES string of the molecule is CCC(C)C(=O)NCC(=O)NC(CCSC)c1nnc2ccccn12. The first-order valence-corrected chi connectivity index (χ1v) is 9.81. The standard InChI is InChI=1S/C17H25N5O2S/c1-4-12(2)17(24)18-11-15(23)19-13(8-10-25-3)16-21-20-14-7-5-6-9-22(14)16/h5-7,9,12-13H,4,8,10-11H2,1-3H3,(H,18,24)(H,19,23). The van der Waals surface area contributed by atoms with Crippen molar-refractivity contribution < 1.29 is 9.59 Å². The Morgan fingerprint density at radius 2 is 2.12 bits per heavy atom. The number of amides is 2. The fourth-order valence-corrected chi connectivity index (χ4v) is 2.84. The van der Waals surface area contributed by atoms with Crippen LogP contribution in [0.1, 0.15) is 38.6 Å². The molecule has 7 nitrogen and oxygen atoms in total. The molecule has 0 radical (unpaired) electrons. The van der Waals surface area contributed by atoms with E-state index in [0.717, 1.165) is 24.2 Å². The van der Waals surface area contributed by atoms with Crippen LogP contribution in [0.25, 0.3) is 5.65 Å². The zero-order chi connectivity index (χ0) is 18.2. The highest BCUT2D eigenvalue weighted by molar-refractivity contribution is 7.98. The van der Waals surface area contributed by atoms with Crippen LogP contribution in [0.3, 0.4) is 0 Å². The molecule has 0 aliphatic carbocycles. The monoisotopic (exact) mass is 363 g/mol. The third-order valence-corrected chi connectivity index (χ3v) is 4.72. The van der Waals surface area contributed by atoms with Crippen LogP contribution in [0.2, 0.25) is 0 Å². The molecule has 8 heteroatoms. The minimum atomic E-state index is -0.252. The van der Waals surface area contributed by atoms with E-state index in [9.17, 15) is 9.59 Å². The molecule has 0 aromatic carbocycles. The zero-order valence-corrected chi connectivity index (χ0v) is 15.7. The maximum Gasteiger partial charge on any atom is 0.239 e. The van der Waals surface area contributed by atoms with Crippen LogP contribution in [0, 0.1) is 5.92 Å². The van der Waals surface area contributed by atoms with Crippen molar-refractivity contribution in [3.8, 4) is 0 Å². The summed E-state index contributed by atoms with van der Waals surface area (Å²) < 4.78 is 1.88. The Morgan fingerprint density at radius 1 is 1.32 bits per heavy atom. The number of nitrogens with one attached hydrogen (secondary N) is 2. The second-order valence-electron chi connectivity index (χ2n) is 5.92. The molecule has 2 heterocycles. The molecule has 2 amide bonds. The van der Waals surface area contributed by atoms with Crippen molar-refractivity contribution in [3.05, 3.63) is 30.2 Å². The predicted molar refractivity (Wildman–Crippen MR) is 99.3 cm³/mol. The van der Waals surface area contributed by atoms with Crippen LogP contribution in [-0.4, -0.2) is 45.0 Å². The molecule has 2 aromatic rings. The molecule has 2 unspecified atom stereocenters. The number of carbonyl (C=O) groups excluding carboxylic acids is 2. The molecule has 2 N–H and O–H groups in total. The lowest BCUT2D eigenvalue weighted by Crippen LogP contribution is -2.40. The Morgan fingerprint density at radius 3 is 2.84 bits per heavy atom. The van der Waals surface area contributed by atoms with Gasteiger partial charge in [0.1, 0.15) is 0 Å². The molecule has 25 heavy (non-hydrogen) atoms. The van der Waals surface area contributed by atoms with Crippen molar-refractivity contribution in [2.45, 2.75) is 32.7 Å². The number of pyridine rings is 1. The van der Waals surface area contributed by atoms with Gasteiger partial charge in [-0.25, -0.2) is 0 Å². The molecular formula is C17H25N5O2S. The molecule has 0 bridgehead atoms. The minimum Gasteiger partial charge on any atom is -0.347 e. The van der Waals surface area contributed by atoms with Crippen molar-refractivity contribution in [1.29, 1.82) is 0 Å². The number of rotatable bonds is 9. The van der Waals surface area contributed by atoms with Crippen LogP contribution in [0.15, 0.2) is 24.4 Å². The van der Waals surface area contributed by atoms with Crippen molar-refractivity contribution in [3.63, 3.8) is 0 Å². The number of aromatic nitrogens is 3. The van der Waals surface area contributed by atoms with Gasteiger partial charge in [0, 0.05) is 12.1 Å². The Balaban J connectivity index is 2.05. The van der Waals surface area contributed by atoms with Gasteiger partial charge < -0.3 is 10.6 Å². The second-order valence-corrected chi connectivity index (χ2v) is 6.90. The highest BCUT2D eigenvalue weighted by Crippen LogP contribution is 2.18. The topological polar surface area (TPSA) is 88.4 Å². The van der Waals surface area contributed by atoms with Gasteiger partial charge in [-0.2, -0.15) is 11.8 Å². The molecule has 2 aromatic heterocycles. The van der Waals surface area contributed by atoms with Crippen molar-refractivity contribution in [1.82, 2.24) is 25.2 Å². The molecule has 0 saturated carbocycles. The van der Waals surface area contributed by atoms with Crippen LogP contribution in [0.5, 0.6) is 0 Å². The van der Waals surface area contributed by atoms with E-state index in [-0.39, 0.29) is 30.3 Å². The first-order valence-electron chi connectivity index (χ1n) is 8.42. The number of hydrogen-bond acceptors (Lipinski definition) is 5. The fourth-order valence-electron chi connectivity index (χ4n) is 2.37. The molecule has 0 aliphatic heterocycles. The van der Waals surface area contributed by atoms with Gasteiger partial charge in [0.05, 0.1) is 12.6 Å². The Hall–Kier alpha value is -2.09. The maximum absolute atomic E-state index is 12.3. The number of carbonyl (C=O) groups is 2. The van der Waals surface area contributed by atoms with Gasteiger partial charge in [0.15, 0.2) is 11.5 Å². The van der Waals surface area contributed by atoms with Gasteiger partial charge in [-0.05, 0) is 37.0 Å². The van der Waals surface area contributed by atoms with Gasteiger partial charge in [0.2, 0.25) is 11.8 Å². The summed E-state index contributed by atoms with van der Waals surface area (Å²) in [5, 5.41) is 14.0. The second kappa shape index (κ2) is 9.41. The van der Waals surface area contributed by atoms with E-state index < -0.39 is 0 Å². The highest BCUT2D eigenvalue weighted by Gasteiger charge is 2.20. The van der Waals surface area contributed by atoms with Crippen LogP contribution in [0.4, 0.5) is 0 Å². The van der Waals surface area contributed by atoms with Crippen molar-refractivity contribution in [2.75, 3.05) is 18.6 Å². The lowest BCUT2D eigenvalue weighted by molar-refractivity contribution is -0.128. The molecule has 2 atom stereocenters. The largest absolute Gasteiger partial charge is 0.347 e. The van der Waals surface area contributed by atoms with Crippen LogP contribution < -0.4 is 10.6 Å². The first kappa shape index (κ1) is 19.2. The third-order valence-electron chi connectivity index (χ3n) is 4.08. The summed E-state index contributed by atoms with van der Waals surface area (Å²) in [5.74, 6) is 1.15. The fraction of sp³-hybridized carbons (Fsp3) is 0.529. The molecule has 0 saturated heterocycles. The number of nitrogens with zero attached hydrogens (tertiary/aromatic N) is 3. The van der Waals surface area contributed by atoms with Gasteiger partial charge >= 0.3 is 0 Å². The van der Waals surface area contributed by atoms with E-state index in [2.05, 4.69) is 20.8 Å². The molecule has 0 fully saturated rings. The average molecular weight is 363 g/mol. The summed E-state index contributed by atoms with van der Waals surface area (Å²) in [6.07, 6.45) is 5.39.